The standard InChI is InChI=1S/C20H28N4O5/c1-12(2)10-15(20(28)29)23-19(27)16-4-3-9-24(16)17(25)11-22-18(26)13-5-7-14(21)8-6-13/h5-8,12,15-16H,3-4,9-11,21H2,1-2H3,(H,22,26)(H,23,27)(H,28,29)/t15-,16+/m1/s1. The fourth-order valence-electron chi connectivity index (χ4n) is 3.29. The van der Waals surface area contributed by atoms with Crippen LogP contribution in [0.2, 0.25) is 0 Å². The van der Waals surface area contributed by atoms with Crippen molar-refractivity contribution in [1.29, 1.82) is 0 Å². The molecule has 0 bridgehead atoms. The van der Waals surface area contributed by atoms with Gasteiger partial charge in [0.25, 0.3) is 5.91 Å². The zero-order valence-electron chi connectivity index (χ0n) is 16.7. The number of carboxylic acid groups (broad SMARTS) is 1. The largest absolute Gasteiger partial charge is 0.480 e. The predicted octanol–water partition coefficient (Wildman–Crippen LogP) is 0.605. The number of nitrogens with one attached hydrogen (secondary N) is 2. The van der Waals surface area contributed by atoms with E-state index in [0.29, 0.717) is 37.1 Å². The number of aliphatic carboxylic acids is 1. The van der Waals surface area contributed by atoms with Crippen LogP contribution >= 0.6 is 0 Å². The van der Waals surface area contributed by atoms with Crippen molar-refractivity contribution in [2.75, 3.05) is 18.8 Å². The Bertz CT molecular complexity index is 763. The molecule has 1 heterocycles. The van der Waals surface area contributed by atoms with Gasteiger partial charge in [-0.3, -0.25) is 14.4 Å². The van der Waals surface area contributed by atoms with Gasteiger partial charge < -0.3 is 26.4 Å². The highest BCUT2D eigenvalue weighted by Crippen LogP contribution is 2.18. The average Bonchev–Trinajstić information content (AvgIpc) is 3.15. The van der Waals surface area contributed by atoms with Gasteiger partial charge in [-0.1, -0.05) is 13.8 Å². The van der Waals surface area contributed by atoms with Gasteiger partial charge in [0.2, 0.25) is 11.8 Å². The molecule has 5 N–H and O–H groups in total. The molecule has 0 spiro atoms. The van der Waals surface area contributed by atoms with Crippen LogP contribution in [-0.4, -0.2) is 58.9 Å². The minimum atomic E-state index is -1.10. The number of nitrogens with zero attached hydrogens (tertiary/aromatic N) is 1. The maximum Gasteiger partial charge on any atom is 0.326 e. The van der Waals surface area contributed by atoms with E-state index in [-0.39, 0.29) is 18.4 Å². The number of benzene rings is 1. The molecule has 3 amide bonds. The Morgan fingerprint density at radius 3 is 2.45 bits per heavy atom. The molecule has 1 aromatic carbocycles. The molecule has 1 fully saturated rings. The van der Waals surface area contributed by atoms with Crippen molar-refractivity contribution in [1.82, 2.24) is 15.5 Å². The highest BCUT2D eigenvalue weighted by atomic mass is 16.4. The number of rotatable bonds is 8. The quantitative estimate of drug-likeness (QED) is 0.468. The highest BCUT2D eigenvalue weighted by Gasteiger charge is 2.35. The van der Waals surface area contributed by atoms with E-state index in [9.17, 15) is 24.3 Å². The van der Waals surface area contributed by atoms with Gasteiger partial charge in [0, 0.05) is 17.8 Å². The van der Waals surface area contributed by atoms with Crippen LogP contribution in [0, 0.1) is 5.92 Å². The van der Waals surface area contributed by atoms with Crippen LogP contribution in [0.1, 0.15) is 43.5 Å². The number of carbonyl (C=O) groups is 4. The fourth-order valence-corrected chi connectivity index (χ4v) is 3.29. The molecular formula is C20H28N4O5. The summed E-state index contributed by atoms with van der Waals surface area (Å²) in [5, 5.41) is 14.4. The number of anilines is 1. The molecule has 2 rings (SSSR count). The molecule has 9 nitrogen and oxygen atoms in total. The number of hydrogen-bond donors (Lipinski definition) is 4. The Kier molecular flexibility index (Phi) is 7.58. The molecule has 1 aliphatic heterocycles. The Morgan fingerprint density at radius 2 is 1.86 bits per heavy atom. The summed E-state index contributed by atoms with van der Waals surface area (Å²) in [6.07, 6.45) is 1.40. The predicted molar refractivity (Wildman–Crippen MR) is 107 cm³/mol. The first kappa shape index (κ1) is 22.2. The van der Waals surface area contributed by atoms with Gasteiger partial charge >= 0.3 is 5.97 Å². The van der Waals surface area contributed by atoms with E-state index >= 15 is 0 Å². The molecule has 0 saturated carbocycles. The van der Waals surface area contributed by atoms with Crippen molar-refractivity contribution in [2.24, 2.45) is 5.92 Å². The summed E-state index contributed by atoms with van der Waals surface area (Å²) in [5.74, 6) is -2.28. The topological polar surface area (TPSA) is 142 Å². The van der Waals surface area contributed by atoms with E-state index in [1.54, 1.807) is 24.3 Å². The number of nitrogen functional groups attached to an aromatic ring is 1. The first-order valence-corrected chi connectivity index (χ1v) is 9.65. The number of hydrogen-bond acceptors (Lipinski definition) is 5. The lowest BCUT2D eigenvalue weighted by Gasteiger charge is -2.26. The Hall–Kier alpha value is -3.10. The minimum absolute atomic E-state index is 0.0984. The van der Waals surface area contributed by atoms with Gasteiger partial charge in [-0.25, -0.2) is 4.79 Å². The second kappa shape index (κ2) is 9.90. The molecule has 0 aliphatic carbocycles. The zero-order valence-corrected chi connectivity index (χ0v) is 16.7. The lowest BCUT2D eigenvalue weighted by Crippen LogP contribution is -2.52. The van der Waals surface area contributed by atoms with Crippen LogP contribution < -0.4 is 16.4 Å². The number of carbonyl (C=O) groups excluding carboxylic acids is 3. The third kappa shape index (κ3) is 6.20. The van der Waals surface area contributed by atoms with Crippen molar-refractivity contribution in [2.45, 2.75) is 45.2 Å². The molecule has 9 heteroatoms. The van der Waals surface area contributed by atoms with Crippen LogP contribution in [0.3, 0.4) is 0 Å². The van der Waals surface area contributed by atoms with Gasteiger partial charge in [-0.2, -0.15) is 0 Å². The third-order valence-electron chi connectivity index (χ3n) is 4.77. The Morgan fingerprint density at radius 1 is 1.21 bits per heavy atom. The second-order valence-corrected chi connectivity index (χ2v) is 7.58. The summed E-state index contributed by atoms with van der Waals surface area (Å²) in [4.78, 5) is 50.0. The van der Waals surface area contributed by atoms with Crippen molar-refractivity contribution in [3.05, 3.63) is 29.8 Å². The summed E-state index contributed by atoms with van der Waals surface area (Å²) in [5.41, 5.74) is 6.49. The summed E-state index contributed by atoms with van der Waals surface area (Å²) < 4.78 is 0. The zero-order chi connectivity index (χ0) is 21.6. The molecule has 1 saturated heterocycles. The van der Waals surface area contributed by atoms with Gasteiger partial charge in [-0.15, -0.1) is 0 Å². The van der Waals surface area contributed by atoms with E-state index in [2.05, 4.69) is 10.6 Å². The SMILES string of the molecule is CC(C)C[C@@H](NC(=O)[C@@H]1CCCN1C(=O)CNC(=O)c1ccc(N)cc1)C(=O)O. The number of nitrogens with two attached hydrogens (primary N) is 1. The van der Waals surface area contributed by atoms with Crippen molar-refractivity contribution >= 4 is 29.4 Å². The van der Waals surface area contributed by atoms with Crippen LogP contribution in [0.15, 0.2) is 24.3 Å². The van der Waals surface area contributed by atoms with Crippen LogP contribution in [-0.2, 0) is 14.4 Å². The van der Waals surface area contributed by atoms with E-state index in [1.807, 2.05) is 13.8 Å². The Labute approximate surface area is 169 Å². The summed E-state index contributed by atoms with van der Waals surface area (Å²) >= 11 is 0. The molecule has 29 heavy (non-hydrogen) atoms. The molecule has 158 valence electrons. The van der Waals surface area contributed by atoms with E-state index in [1.165, 1.54) is 4.90 Å². The second-order valence-electron chi connectivity index (χ2n) is 7.58. The van der Waals surface area contributed by atoms with Crippen LogP contribution in [0.4, 0.5) is 5.69 Å². The molecule has 0 unspecified atom stereocenters. The fraction of sp³-hybridized carbons (Fsp3) is 0.500. The van der Waals surface area contributed by atoms with Crippen LogP contribution in [0.25, 0.3) is 0 Å². The van der Waals surface area contributed by atoms with Gasteiger partial charge in [0.15, 0.2) is 0 Å². The molecule has 0 aromatic heterocycles. The number of carboxylic acids is 1. The van der Waals surface area contributed by atoms with Gasteiger partial charge in [-0.05, 0) is 49.4 Å². The average molecular weight is 404 g/mol. The van der Waals surface area contributed by atoms with E-state index < -0.39 is 29.9 Å². The molecule has 0 radical (unpaired) electrons. The van der Waals surface area contributed by atoms with E-state index in [4.69, 9.17) is 5.73 Å². The molecule has 2 atom stereocenters. The minimum Gasteiger partial charge on any atom is -0.480 e. The highest BCUT2D eigenvalue weighted by molar-refractivity contribution is 5.97. The normalized spacial score (nSPS) is 17.1. The number of amides is 3. The smallest absolute Gasteiger partial charge is 0.326 e. The van der Waals surface area contributed by atoms with Crippen molar-refractivity contribution < 1.29 is 24.3 Å². The lowest BCUT2D eigenvalue weighted by atomic mass is 10.0. The van der Waals surface area contributed by atoms with Crippen molar-refractivity contribution in [3.8, 4) is 0 Å². The van der Waals surface area contributed by atoms with Crippen molar-refractivity contribution in [3.63, 3.8) is 0 Å². The Balaban J connectivity index is 1.93. The summed E-state index contributed by atoms with van der Waals surface area (Å²) in [6.45, 7) is 3.88. The molecule has 1 aromatic rings. The first-order valence-electron chi connectivity index (χ1n) is 9.65. The van der Waals surface area contributed by atoms with E-state index in [0.717, 1.165) is 0 Å². The maximum absolute atomic E-state index is 12.6. The number of likely N-dealkylation sites (tertiary alicyclic amines) is 1. The van der Waals surface area contributed by atoms with Gasteiger partial charge in [0.05, 0.1) is 6.54 Å². The molecule has 1 aliphatic rings. The summed E-state index contributed by atoms with van der Waals surface area (Å²) in [6, 6.07) is 4.57. The maximum atomic E-state index is 12.6. The first-order chi connectivity index (χ1) is 13.7. The van der Waals surface area contributed by atoms with Crippen LogP contribution in [0.5, 0.6) is 0 Å². The summed E-state index contributed by atoms with van der Waals surface area (Å²) in [7, 11) is 0. The lowest BCUT2D eigenvalue weighted by molar-refractivity contribution is -0.144. The van der Waals surface area contributed by atoms with Gasteiger partial charge in [0.1, 0.15) is 12.1 Å². The third-order valence-corrected chi connectivity index (χ3v) is 4.77. The monoisotopic (exact) mass is 404 g/mol. The molecular weight excluding hydrogens is 376 g/mol.